The Hall–Kier alpha value is -1.03. The van der Waals surface area contributed by atoms with Gasteiger partial charge >= 0.3 is 0 Å². The normalized spacial score (nSPS) is 14.3. The predicted octanol–water partition coefficient (Wildman–Crippen LogP) is 0.741. The molecule has 0 unspecified atom stereocenters. The Balaban J connectivity index is 2.57. The Kier molecular flexibility index (Phi) is 1.35. The molecule has 0 radical (unpaired) electrons. The fraction of sp³-hybridized carbons (Fsp3) is 0.333. The lowest BCUT2D eigenvalue weighted by molar-refractivity contribution is 0.111. The van der Waals surface area contributed by atoms with Gasteiger partial charge in [0.15, 0.2) is 6.29 Å². The first-order valence-corrected chi connectivity index (χ1v) is 3.54. The van der Waals surface area contributed by atoms with E-state index in [2.05, 4.69) is 4.98 Å². The average Bonchev–Trinajstić information content (AvgIpc) is 2.53. The highest BCUT2D eigenvalue weighted by atomic mass is 35.5. The fourth-order valence-electron chi connectivity index (χ4n) is 1.04. The summed E-state index contributed by atoms with van der Waals surface area (Å²) < 4.78 is 6.74. The molecule has 0 aromatic carbocycles. The van der Waals surface area contributed by atoms with E-state index in [-0.39, 0.29) is 5.69 Å². The summed E-state index contributed by atoms with van der Waals surface area (Å²) in [6, 6.07) is 0.442. The minimum atomic E-state index is 0.251. The number of halogens is 1. The Bertz CT molecular complexity index is 308. The number of aldehydes is 1. The van der Waals surface area contributed by atoms with Gasteiger partial charge in [0, 0.05) is 0 Å². The fourth-order valence-corrected chi connectivity index (χ4v) is 1.28. The molecule has 2 rings (SSSR count). The number of ether oxygens (including phenoxy) is 1. The first kappa shape index (κ1) is 6.67. The Morgan fingerprint density at radius 2 is 2.55 bits per heavy atom. The number of hydrogen-bond acceptors (Lipinski definition) is 3. The highest BCUT2D eigenvalue weighted by Gasteiger charge is 2.20. The summed E-state index contributed by atoms with van der Waals surface area (Å²) >= 11 is 5.76. The van der Waals surface area contributed by atoms with Crippen LogP contribution in [0.3, 0.4) is 0 Å². The van der Waals surface area contributed by atoms with Gasteiger partial charge < -0.3 is 4.74 Å². The molecule has 1 aliphatic rings. The van der Waals surface area contributed by atoms with Crippen LogP contribution in [0.25, 0.3) is 0 Å². The van der Waals surface area contributed by atoms with E-state index in [0.717, 1.165) is 0 Å². The minimum absolute atomic E-state index is 0.251. The third kappa shape index (κ3) is 0.826. The Labute approximate surface area is 67.7 Å². The van der Waals surface area contributed by atoms with Crippen molar-refractivity contribution in [2.45, 2.75) is 6.54 Å². The van der Waals surface area contributed by atoms with Crippen molar-refractivity contribution >= 4 is 17.9 Å². The second-order valence-electron chi connectivity index (χ2n) is 2.19. The number of fused-ring (bicyclic) bond motifs is 1. The van der Waals surface area contributed by atoms with Gasteiger partial charge in [0.2, 0.25) is 0 Å². The molecule has 2 heterocycles. The number of hydrogen-bond donors (Lipinski definition) is 0. The van der Waals surface area contributed by atoms with Gasteiger partial charge in [0.25, 0.3) is 6.01 Å². The summed E-state index contributed by atoms with van der Waals surface area (Å²) in [5, 5.41) is 0.368. The van der Waals surface area contributed by atoms with Crippen LogP contribution >= 0.6 is 11.6 Å². The van der Waals surface area contributed by atoms with Crippen LogP contribution in [0.1, 0.15) is 10.5 Å². The topological polar surface area (TPSA) is 44.1 Å². The lowest BCUT2D eigenvalue weighted by Gasteiger charge is -1.90. The zero-order chi connectivity index (χ0) is 7.84. The average molecular weight is 173 g/mol. The van der Waals surface area contributed by atoms with Crippen molar-refractivity contribution in [3.63, 3.8) is 0 Å². The van der Waals surface area contributed by atoms with E-state index in [4.69, 9.17) is 16.3 Å². The van der Waals surface area contributed by atoms with Gasteiger partial charge in [-0.25, -0.2) is 0 Å². The second-order valence-corrected chi connectivity index (χ2v) is 2.55. The Morgan fingerprint density at radius 3 is 3.18 bits per heavy atom. The number of rotatable bonds is 1. The number of carbonyl (C=O) groups excluding carboxylic acids is 1. The molecule has 0 bridgehead atoms. The molecule has 0 N–H and O–H groups in total. The van der Waals surface area contributed by atoms with E-state index in [0.29, 0.717) is 30.6 Å². The van der Waals surface area contributed by atoms with Crippen LogP contribution in [0.15, 0.2) is 0 Å². The quantitative estimate of drug-likeness (QED) is 0.587. The maximum Gasteiger partial charge on any atom is 0.298 e. The van der Waals surface area contributed by atoms with E-state index in [1.165, 1.54) is 0 Å². The molecule has 1 aromatic rings. The maximum absolute atomic E-state index is 10.3. The SMILES string of the molecule is O=Cc1nc2n(c1Cl)CCO2. The van der Waals surface area contributed by atoms with E-state index < -0.39 is 0 Å². The molecular weight excluding hydrogens is 168 g/mol. The van der Waals surface area contributed by atoms with Crippen molar-refractivity contribution in [1.29, 1.82) is 0 Å². The molecule has 0 atom stereocenters. The van der Waals surface area contributed by atoms with Crippen LogP contribution in [-0.2, 0) is 6.54 Å². The molecule has 4 nitrogen and oxygen atoms in total. The summed E-state index contributed by atoms with van der Waals surface area (Å²) in [5.41, 5.74) is 0.251. The van der Waals surface area contributed by atoms with Crippen LogP contribution in [0.4, 0.5) is 0 Å². The molecule has 0 spiro atoms. The molecule has 1 aromatic heterocycles. The van der Waals surface area contributed by atoms with Crippen molar-refractivity contribution in [3.8, 4) is 6.01 Å². The van der Waals surface area contributed by atoms with Gasteiger partial charge in [-0.15, -0.1) is 0 Å². The zero-order valence-electron chi connectivity index (χ0n) is 5.58. The lowest BCUT2D eigenvalue weighted by atomic mass is 10.5. The van der Waals surface area contributed by atoms with Crippen LogP contribution in [0.5, 0.6) is 6.01 Å². The third-order valence-corrected chi connectivity index (χ3v) is 1.95. The van der Waals surface area contributed by atoms with Crippen molar-refractivity contribution in [2.24, 2.45) is 0 Å². The van der Waals surface area contributed by atoms with Gasteiger partial charge in [-0.3, -0.25) is 9.36 Å². The van der Waals surface area contributed by atoms with Gasteiger partial charge in [-0.05, 0) is 0 Å². The summed E-state index contributed by atoms with van der Waals surface area (Å²) in [6.45, 7) is 1.26. The molecule has 0 fully saturated rings. The summed E-state index contributed by atoms with van der Waals surface area (Å²) in [4.78, 5) is 14.2. The summed E-state index contributed by atoms with van der Waals surface area (Å²) in [7, 11) is 0. The molecule has 5 heteroatoms. The molecular formula is C6H5ClN2O2. The smallest absolute Gasteiger partial charge is 0.298 e. The molecule has 0 amide bonds. The Morgan fingerprint density at radius 1 is 1.73 bits per heavy atom. The van der Waals surface area contributed by atoms with Gasteiger partial charge in [0.1, 0.15) is 17.5 Å². The van der Waals surface area contributed by atoms with E-state index in [1.54, 1.807) is 4.57 Å². The minimum Gasteiger partial charge on any atom is -0.463 e. The first-order valence-electron chi connectivity index (χ1n) is 3.17. The third-order valence-electron chi connectivity index (χ3n) is 1.55. The molecule has 11 heavy (non-hydrogen) atoms. The molecule has 58 valence electrons. The highest BCUT2D eigenvalue weighted by Crippen LogP contribution is 2.25. The number of imidazole rings is 1. The van der Waals surface area contributed by atoms with Crippen molar-refractivity contribution in [3.05, 3.63) is 10.8 Å². The van der Waals surface area contributed by atoms with E-state index >= 15 is 0 Å². The molecule has 0 saturated carbocycles. The monoisotopic (exact) mass is 172 g/mol. The first-order chi connectivity index (χ1) is 5.33. The van der Waals surface area contributed by atoms with E-state index in [1.807, 2.05) is 0 Å². The number of carbonyl (C=O) groups is 1. The maximum atomic E-state index is 10.3. The molecule has 0 aliphatic carbocycles. The number of aromatic nitrogens is 2. The molecule has 1 aliphatic heterocycles. The van der Waals surface area contributed by atoms with Crippen molar-refractivity contribution in [1.82, 2.24) is 9.55 Å². The van der Waals surface area contributed by atoms with Crippen LogP contribution in [-0.4, -0.2) is 22.4 Å². The van der Waals surface area contributed by atoms with Gasteiger partial charge in [-0.1, -0.05) is 11.6 Å². The van der Waals surface area contributed by atoms with E-state index in [9.17, 15) is 4.79 Å². The number of nitrogens with zero attached hydrogens (tertiary/aromatic N) is 2. The van der Waals surface area contributed by atoms with Crippen molar-refractivity contribution < 1.29 is 9.53 Å². The van der Waals surface area contributed by atoms with Crippen LogP contribution in [0, 0.1) is 0 Å². The van der Waals surface area contributed by atoms with Crippen LogP contribution < -0.4 is 4.74 Å². The van der Waals surface area contributed by atoms with Crippen molar-refractivity contribution in [2.75, 3.05) is 6.61 Å². The summed E-state index contributed by atoms with van der Waals surface area (Å²) in [6.07, 6.45) is 0.622. The van der Waals surface area contributed by atoms with Gasteiger partial charge in [-0.2, -0.15) is 4.98 Å². The van der Waals surface area contributed by atoms with Gasteiger partial charge in [0.05, 0.1) is 6.54 Å². The largest absolute Gasteiger partial charge is 0.463 e. The standard InChI is InChI=1S/C6H5ClN2O2/c7-5-4(3-10)8-6-9(5)1-2-11-6/h3H,1-2H2. The summed E-state index contributed by atoms with van der Waals surface area (Å²) in [5.74, 6) is 0. The zero-order valence-corrected chi connectivity index (χ0v) is 6.34. The van der Waals surface area contributed by atoms with Crippen LogP contribution in [0.2, 0.25) is 5.15 Å². The predicted molar refractivity (Wildman–Crippen MR) is 38.1 cm³/mol. The second kappa shape index (κ2) is 2.23. The lowest BCUT2D eigenvalue weighted by Crippen LogP contribution is -1.95. The highest BCUT2D eigenvalue weighted by molar-refractivity contribution is 6.31. The molecule has 0 saturated heterocycles.